The fourth-order valence-electron chi connectivity index (χ4n) is 3.39. The lowest BCUT2D eigenvalue weighted by molar-refractivity contribution is 0.151. The zero-order valence-corrected chi connectivity index (χ0v) is 16.4. The van der Waals surface area contributed by atoms with Crippen LogP contribution in [0.4, 0.5) is 5.69 Å². The molecule has 1 saturated heterocycles. The molecule has 0 aliphatic carbocycles. The number of fused-ring (bicyclic) bond motifs is 1. The summed E-state index contributed by atoms with van der Waals surface area (Å²) in [5.41, 5.74) is 2.08. The lowest BCUT2D eigenvalue weighted by Gasteiger charge is -2.33. The molecule has 0 bridgehead atoms. The number of likely N-dealkylation sites (N-methyl/N-ethyl adjacent to an activating group) is 1. The van der Waals surface area contributed by atoms with Crippen molar-refractivity contribution in [3.05, 3.63) is 30.5 Å². The number of para-hydroxylation sites is 1. The average Bonchev–Trinajstić information content (AvgIpc) is 2.66. The van der Waals surface area contributed by atoms with Crippen LogP contribution < -0.4 is 10.1 Å². The minimum atomic E-state index is 0.417. The maximum atomic E-state index is 5.86. The third-order valence-electron chi connectivity index (χ3n) is 5.07. The fraction of sp³-hybridized carbons (Fsp3) is 0.571. The van der Waals surface area contributed by atoms with Crippen LogP contribution in [0.2, 0.25) is 0 Å². The van der Waals surface area contributed by atoms with Crippen LogP contribution in [0, 0.1) is 0 Å². The van der Waals surface area contributed by atoms with E-state index in [0.29, 0.717) is 6.04 Å². The van der Waals surface area contributed by atoms with E-state index < -0.39 is 0 Å². The molecule has 3 rings (SSSR count). The van der Waals surface area contributed by atoms with E-state index in [9.17, 15) is 0 Å². The van der Waals surface area contributed by atoms with Gasteiger partial charge in [-0.3, -0.25) is 4.98 Å². The van der Waals surface area contributed by atoms with Crippen LogP contribution in [0.15, 0.2) is 30.5 Å². The summed E-state index contributed by atoms with van der Waals surface area (Å²) < 4.78 is 5.86. The number of hydrogen-bond donors (Lipinski definition) is 1. The van der Waals surface area contributed by atoms with Crippen molar-refractivity contribution in [1.29, 1.82) is 0 Å². The summed E-state index contributed by atoms with van der Waals surface area (Å²) in [5, 5.41) is 4.82. The Hall–Kier alpha value is -1.85. The molecular formula is C21H32N4O. The Morgan fingerprint density at radius 1 is 1.19 bits per heavy atom. The second-order valence-electron chi connectivity index (χ2n) is 7.34. The summed E-state index contributed by atoms with van der Waals surface area (Å²) in [6, 6.07) is 8.66. The molecule has 0 amide bonds. The summed E-state index contributed by atoms with van der Waals surface area (Å²) in [5.74, 6) is 0.873. The molecule has 0 radical (unpaired) electrons. The van der Waals surface area contributed by atoms with Gasteiger partial charge in [-0.1, -0.05) is 19.1 Å². The summed E-state index contributed by atoms with van der Waals surface area (Å²) in [7, 11) is 2.20. The second-order valence-corrected chi connectivity index (χ2v) is 7.34. The van der Waals surface area contributed by atoms with Gasteiger partial charge >= 0.3 is 0 Å². The second kappa shape index (κ2) is 9.19. The topological polar surface area (TPSA) is 40.6 Å². The van der Waals surface area contributed by atoms with Gasteiger partial charge in [-0.25, -0.2) is 0 Å². The monoisotopic (exact) mass is 356 g/mol. The Morgan fingerprint density at radius 3 is 2.77 bits per heavy atom. The van der Waals surface area contributed by atoms with Crippen LogP contribution in [0.25, 0.3) is 10.9 Å². The fourth-order valence-corrected chi connectivity index (χ4v) is 3.39. The van der Waals surface area contributed by atoms with E-state index in [2.05, 4.69) is 59.2 Å². The molecule has 1 aliphatic rings. The molecule has 2 aromatic rings. The first-order valence-corrected chi connectivity index (χ1v) is 9.85. The lowest BCUT2D eigenvalue weighted by atomic mass is 10.1. The molecule has 1 N–H and O–H groups in total. The third-order valence-corrected chi connectivity index (χ3v) is 5.07. The summed E-state index contributed by atoms with van der Waals surface area (Å²) in [6.45, 7) is 11.0. The first-order valence-electron chi connectivity index (χ1n) is 9.85. The predicted octanol–water partition coefficient (Wildman–Crippen LogP) is 3.46. The molecular weight excluding hydrogens is 324 g/mol. The van der Waals surface area contributed by atoms with Crippen molar-refractivity contribution in [2.75, 3.05) is 51.7 Å². The van der Waals surface area contributed by atoms with Crippen molar-refractivity contribution < 1.29 is 4.74 Å². The zero-order valence-electron chi connectivity index (χ0n) is 16.4. The van der Waals surface area contributed by atoms with Crippen LogP contribution in [0.3, 0.4) is 0 Å². The summed E-state index contributed by atoms with van der Waals surface area (Å²) in [4.78, 5) is 9.52. The van der Waals surface area contributed by atoms with Gasteiger partial charge in [-0.2, -0.15) is 0 Å². The number of aromatic nitrogens is 1. The molecule has 1 unspecified atom stereocenters. The van der Waals surface area contributed by atoms with E-state index >= 15 is 0 Å². The van der Waals surface area contributed by atoms with Gasteiger partial charge in [0.15, 0.2) is 0 Å². The van der Waals surface area contributed by atoms with Gasteiger partial charge in [0.05, 0.1) is 6.61 Å². The zero-order chi connectivity index (χ0) is 18.4. The van der Waals surface area contributed by atoms with Crippen LogP contribution in [0.1, 0.15) is 26.7 Å². The number of nitrogens with one attached hydrogen (secondary N) is 1. The Bertz CT molecular complexity index is 697. The van der Waals surface area contributed by atoms with E-state index in [0.717, 1.165) is 48.3 Å². The van der Waals surface area contributed by atoms with Crippen molar-refractivity contribution in [3.63, 3.8) is 0 Å². The van der Waals surface area contributed by atoms with Crippen LogP contribution in [-0.2, 0) is 0 Å². The van der Waals surface area contributed by atoms with Gasteiger partial charge in [0.2, 0.25) is 0 Å². The van der Waals surface area contributed by atoms with E-state index in [4.69, 9.17) is 4.74 Å². The lowest BCUT2D eigenvalue weighted by Crippen LogP contribution is -2.45. The van der Waals surface area contributed by atoms with E-state index in [1.54, 1.807) is 0 Å². The first kappa shape index (κ1) is 18.9. The van der Waals surface area contributed by atoms with Crippen molar-refractivity contribution in [1.82, 2.24) is 14.8 Å². The molecule has 5 nitrogen and oxygen atoms in total. The average molecular weight is 357 g/mol. The third kappa shape index (κ3) is 4.86. The van der Waals surface area contributed by atoms with Crippen LogP contribution in [0.5, 0.6) is 5.75 Å². The molecule has 1 aromatic heterocycles. The maximum absolute atomic E-state index is 5.86. The quantitative estimate of drug-likeness (QED) is 0.784. The van der Waals surface area contributed by atoms with Gasteiger partial charge < -0.3 is 19.9 Å². The van der Waals surface area contributed by atoms with Gasteiger partial charge in [0, 0.05) is 56.0 Å². The number of anilines is 1. The normalized spacial score (nSPS) is 17.3. The van der Waals surface area contributed by atoms with E-state index in [1.165, 1.54) is 26.2 Å². The first-order chi connectivity index (χ1) is 12.7. The van der Waals surface area contributed by atoms with Crippen molar-refractivity contribution in [3.8, 4) is 5.75 Å². The van der Waals surface area contributed by atoms with Crippen LogP contribution >= 0.6 is 0 Å². The predicted molar refractivity (Wildman–Crippen MR) is 109 cm³/mol. The van der Waals surface area contributed by atoms with E-state index in [-0.39, 0.29) is 0 Å². The number of pyridine rings is 1. The molecule has 1 fully saturated rings. The van der Waals surface area contributed by atoms with E-state index in [1.807, 2.05) is 12.3 Å². The van der Waals surface area contributed by atoms with Gasteiger partial charge in [-0.05, 0) is 38.9 Å². The number of rotatable bonds is 8. The highest BCUT2D eigenvalue weighted by Gasteiger charge is 2.15. The Kier molecular flexibility index (Phi) is 6.69. The number of benzene rings is 1. The number of ether oxygens (including phenoxy) is 1. The molecule has 1 aliphatic heterocycles. The Labute approximate surface area is 157 Å². The van der Waals surface area contributed by atoms with Gasteiger partial charge in [0.25, 0.3) is 0 Å². The smallest absolute Gasteiger partial charge is 0.145 e. The molecule has 2 heterocycles. The molecule has 5 heteroatoms. The Morgan fingerprint density at radius 2 is 2.00 bits per heavy atom. The summed E-state index contributed by atoms with van der Waals surface area (Å²) >= 11 is 0. The van der Waals surface area contributed by atoms with Crippen molar-refractivity contribution in [2.24, 2.45) is 0 Å². The molecule has 0 spiro atoms. The molecule has 0 saturated carbocycles. The van der Waals surface area contributed by atoms with Crippen LogP contribution in [-0.4, -0.2) is 67.2 Å². The van der Waals surface area contributed by atoms with Crippen molar-refractivity contribution in [2.45, 2.75) is 32.7 Å². The molecule has 142 valence electrons. The highest BCUT2D eigenvalue weighted by molar-refractivity contribution is 5.94. The number of hydrogen-bond acceptors (Lipinski definition) is 5. The summed E-state index contributed by atoms with van der Waals surface area (Å²) in [6.07, 6.45) is 4.01. The number of piperazine rings is 1. The molecule has 1 aromatic carbocycles. The number of nitrogens with zero attached hydrogens (tertiary/aromatic N) is 3. The standard InChI is InChI=1S/C21H32N4O/c1-4-16-26-20-7-5-6-18-19(8-10-22-21(18)20)23-17(2)9-11-25-14-12-24(3)13-15-25/h5-8,10,17H,4,9,11-16H2,1-3H3,(H,22,23). The minimum Gasteiger partial charge on any atom is -0.491 e. The van der Waals surface area contributed by atoms with Gasteiger partial charge in [0.1, 0.15) is 11.3 Å². The van der Waals surface area contributed by atoms with Crippen molar-refractivity contribution >= 4 is 16.6 Å². The minimum absolute atomic E-state index is 0.417. The SMILES string of the molecule is CCCOc1cccc2c(NC(C)CCN3CCN(C)CC3)ccnc12. The van der Waals surface area contributed by atoms with Gasteiger partial charge in [-0.15, -0.1) is 0 Å². The Balaban J connectivity index is 1.62. The molecule has 1 atom stereocenters. The highest BCUT2D eigenvalue weighted by Crippen LogP contribution is 2.29. The highest BCUT2D eigenvalue weighted by atomic mass is 16.5. The largest absolute Gasteiger partial charge is 0.491 e. The molecule has 26 heavy (non-hydrogen) atoms. The maximum Gasteiger partial charge on any atom is 0.145 e.